The molecule has 0 aliphatic heterocycles. The maximum atomic E-state index is 11.4. The van der Waals surface area contributed by atoms with Gasteiger partial charge in [-0.15, -0.1) is 0 Å². The van der Waals surface area contributed by atoms with Crippen molar-refractivity contribution in [1.82, 2.24) is 9.97 Å². The summed E-state index contributed by atoms with van der Waals surface area (Å²) in [4.78, 5) is 19.1. The van der Waals surface area contributed by atoms with Crippen LogP contribution in [0.2, 0.25) is 0 Å². The Morgan fingerprint density at radius 3 is 3.00 bits per heavy atom. The zero-order chi connectivity index (χ0) is 12.1. The summed E-state index contributed by atoms with van der Waals surface area (Å²) in [6, 6.07) is 3.08. The minimum atomic E-state index is -0.608. The number of esters is 1. The molecule has 2 rings (SSSR count). The fraction of sp³-hybridized carbons (Fsp3) is 0.0909. The van der Waals surface area contributed by atoms with Gasteiger partial charge in [0.05, 0.1) is 18.2 Å². The van der Waals surface area contributed by atoms with E-state index in [4.69, 9.17) is 14.6 Å². The van der Waals surface area contributed by atoms with Crippen LogP contribution in [0.25, 0.3) is 0 Å². The van der Waals surface area contributed by atoms with Crippen LogP contribution in [0.15, 0.2) is 41.4 Å². The maximum Gasteiger partial charge on any atom is 0.374 e. The molecule has 2 aromatic heterocycles. The first-order valence-corrected chi connectivity index (χ1v) is 4.82. The molecule has 0 radical (unpaired) electrons. The lowest BCUT2D eigenvalue weighted by Gasteiger charge is -2.03. The number of hydrogen-bond acceptors (Lipinski definition) is 6. The fourth-order valence-corrected chi connectivity index (χ4v) is 1.13. The summed E-state index contributed by atoms with van der Waals surface area (Å²) in [5.41, 5.74) is 0.456. The Morgan fingerprint density at radius 1 is 1.47 bits per heavy atom. The summed E-state index contributed by atoms with van der Waals surface area (Å²) < 4.78 is 9.74. The summed E-state index contributed by atoms with van der Waals surface area (Å²) >= 11 is 0. The lowest BCUT2D eigenvalue weighted by Crippen LogP contribution is -2.15. The highest BCUT2D eigenvalue weighted by atomic mass is 16.5. The van der Waals surface area contributed by atoms with Gasteiger partial charge in [0.25, 0.3) is 0 Å². The van der Waals surface area contributed by atoms with E-state index in [-0.39, 0.29) is 18.1 Å². The molecular formula is C11H9N3O3. The van der Waals surface area contributed by atoms with Crippen LogP contribution in [0.1, 0.15) is 16.2 Å². The lowest BCUT2D eigenvalue weighted by atomic mass is 10.3. The lowest BCUT2D eigenvalue weighted by molar-refractivity contribution is 0.0527. The van der Waals surface area contributed by atoms with E-state index in [1.807, 2.05) is 0 Å². The molecule has 0 aliphatic carbocycles. The summed E-state index contributed by atoms with van der Waals surface area (Å²) in [6.45, 7) is -0.168. The molecule has 0 fully saturated rings. The van der Waals surface area contributed by atoms with Crippen molar-refractivity contribution in [3.05, 3.63) is 48.4 Å². The van der Waals surface area contributed by atoms with Crippen LogP contribution < -0.4 is 0 Å². The molecule has 0 aromatic carbocycles. The molecule has 0 saturated heterocycles. The molecule has 0 aliphatic rings. The molecule has 0 unspecified atom stereocenters. The van der Waals surface area contributed by atoms with Crippen LogP contribution in [-0.4, -0.2) is 28.3 Å². The first-order chi connectivity index (χ1) is 8.27. The summed E-state index contributed by atoms with van der Waals surface area (Å²) in [5, 5.41) is 7.64. The third-order valence-corrected chi connectivity index (χ3v) is 1.94. The molecule has 0 atom stereocenters. The van der Waals surface area contributed by atoms with E-state index in [1.165, 1.54) is 30.9 Å². The van der Waals surface area contributed by atoms with Gasteiger partial charge < -0.3 is 9.15 Å². The summed E-state index contributed by atoms with van der Waals surface area (Å²) in [5.74, 6) is -0.499. The van der Waals surface area contributed by atoms with Gasteiger partial charge in [-0.3, -0.25) is 15.4 Å². The van der Waals surface area contributed by atoms with Crippen LogP contribution in [0.4, 0.5) is 0 Å². The van der Waals surface area contributed by atoms with E-state index in [9.17, 15) is 4.79 Å². The molecule has 6 heteroatoms. The number of aromatic nitrogens is 2. The molecule has 0 saturated carbocycles. The number of hydrogen-bond donors (Lipinski definition) is 1. The highest BCUT2D eigenvalue weighted by Gasteiger charge is 2.12. The van der Waals surface area contributed by atoms with Gasteiger partial charge >= 0.3 is 5.97 Å². The van der Waals surface area contributed by atoms with Crippen molar-refractivity contribution in [3.63, 3.8) is 0 Å². The van der Waals surface area contributed by atoms with Gasteiger partial charge in [0, 0.05) is 12.4 Å². The third kappa shape index (κ3) is 2.75. The van der Waals surface area contributed by atoms with E-state index in [0.717, 1.165) is 0 Å². The van der Waals surface area contributed by atoms with E-state index in [2.05, 4.69) is 9.97 Å². The summed E-state index contributed by atoms with van der Waals surface area (Å²) in [6.07, 6.45) is 5.79. The Kier molecular flexibility index (Phi) is 3.25. The molecule has 0 amide bonds. The van der Waals surface area contributed by atoms with Gasteiger partial charge in [-0.25, -0.2) is 4.79 Å². The predicted octanol–water partition coefficient (Wildman–Crippen LogP) is 1.29. The quantitative estimate of drug-likeness (QED) is 0.632. The number of carbonyl (C=O) groups excluding carboxylic acids is 1. The first kappa shape index (κ1) is 11.0. The van der Waals surface area contributed by atoms with Crippen molar-refractivity contribution in [2.45, 2.75) is 0 Å². The fourth-order valence-electron chi connectivity index (χ4n) is 1.13. The van der Waals surface area contributed by atoms with Crippen molar-refractivity contribution in [3.8, 4) is 0 Å². The van der Waals surface area contributed by atoms with E-state index in [0.29, 0.717) is 5.69 Å². The average molecular weight is 231 g/mol. The van der Waals surface area contributed by atoms with Crippen molar-refractivity contribution < 1.29 is 13.9 Å². The molecule has 1 N–H and O–H groups in total. The third-order valence-electron chi connectivity index (χ3n) is 1.94. The number of ether oxygens (including phenoxy) is 1. The van der Waals surface area contributed by atoms with Crippen LogP contribution in [0.5, 0.6) is 0 Å². The van der Waals surface area contributed by atoms with Crippen molar-refractivity contribution in [1.29, 1.82) is 5.41 Å². The largest absolute Gasteiger partial charge is 0.457 e. The van der Waals surface area contributed by atoms with Crippen molar-refractivity contribution >= 4 is 11.7 Å². The van der Waals surface area contributed by atoms with Crippen molar-refractivity contribution in [2.75, 3.05) is 6.61 Å². The van der Waals surface area contributed by atoms with Crippen molar-refractivity contribution in [2.24, 2.45) is 0 Å². The molecule has 6 nitrogen and oxygen atoms in total. The Bertz CT molecular complexity index is 508. The predicted molar refractivity (Wildman–Crippen MR) is 57.9 cm³/mol. The Hall–Kier alpha value is -2.50. The second kappa shape index (κ2) is 5.02. The average Bonchev–Trinajstić information content (AvgIpc) is 2.90. The molecular weight excluding hydrogens is 222 g/mol. The number of nitrogens with zero attached hydrogens (tertiary/aromatic N) is 2. The molecule has 17 heavy (non-hydrogen) atoms. The monoisotopic (exact) mass is 231 g/mol. The van der Waals surface area contributed by atoms with Gasteiger partial charge in [-0.1, -0.05) is 0 Å². The smallest absolute Gasteiger partial charge is 0.374 e. The second-order valence-electron chi connectivity index (χ2n) is 3.12. The molecule has 2 heterocycles. The van der Waals surface area contributed by atoms with Gasteiger partial charge in [-0.2, -0.15) is 0 Å². The van der Waals surface area contributed by atoms with E-state index >= 15 is 0 Å². The maximum absolute atomic E-state index is 11.4. The Balaban J connectivity index is 1.91. The number of carbonyl (C=O) groups is 1. The van der Waals surface area contributed by atoms with Gasteiger partial charge in [0.1, 0.15) is 12.3 Å². The molecule has 86 valence electrons. The Morgan fingerprint density at radius 2 is 2.35 bits per heavy atom. The number of furan rings is 1. The normalized spacial score (nSPS) is 9.88. The van der Waals surface area contributed by atoms with Crippen LogP contribution in [0, 0.1) is 5.41 Å². The summed E-state index contributed by atoms with van der Waals surface area (Å²) in [7, 11) is 0. The first-order valence-electron chi connectivity index (χ1n) is 4.82. The highest BCUT2D eigenvalue weighted by Crippen LogP contribution is 2.03. The number of nitrogens with one attached hydrogen (secondary N) is 1. The topological polar surface area (TPSA) is 89.1 Å². The van der Waals surface area contributed by atoms with Crippen LogP contribution in [-0.2, 0) is 4.74 Å². The minimum absolute atomic E-state index is 0.0815. The van der Waals surface area contributed by atoms with Gasteiger partial charge in [0.2, 0.25) is 5.76 Å². The standard InChI is InChI=1S/C11H9N3O3/c12-8(9-6-13-3-4-14-9)7-17-11(15)10-2-1-5-16-10/h1-6,12H,7H2. The molecule has 2 aromatic rings. The second-order valence-corrected chi connectivity index (χ2v) is 3.12. The molecule has 0 bridgehead atoms. The van der Waals surface area contributed by atoms with E-state index < -0.39 is 5.97 Å². The van der Waals surface area contributed by atoms with E-state index in [1.54, 1.807) is 6.07 Å². The Labute approximate surface area is 96.8 Å². The highest BCUT2D eigenvalue weighted by molar-refractivity contribution is 5.98. The SMILES string of the molecule is N=C(COC(=O)c1ccco1)c1cnccn1. The minimum Gasteiger partial charge on any atom is -0.457 e. The molecule has 0 spiro atoms. The van der Waals surface area contributed by atoms with Gasteiger partial charge in [0.15, 0.2) is 0 Å². The van der Waals surface area contributed by atoms with Crippen LogP contribution >= 0.6 is 0 Å². The number of rotatable bonds is 4. The van der Waals surface area contributed by atoms with Crippen LogP contribution in [0.3, 0.4) is 0 Å². The zero-order valence-electron chi connectivity index (χ0n) is 8.79. The zero-order valence-corrected chi connectivity index (χ0v) is 8.79. The van der Waals surface area contributed by atoms with Gasteiger partial charge in [-0.05, 0) is 12.1 Å².